The second-order valence-electron chi connectivity index (χ2n) is 4.35. The number of benzene rings is 2. The first kappa shape index (κ1) is 10.7. The standard InChI is InChI=1S/C15H9FN2S/c16-11-7-5-10(6-8-11)12-9-17-18-13-3-1-2-4-14(13)19-15(12)18/h1-9H. The molecule has 0 fully saturated rings. The molecule has 92 valence electrons. The van der Waals surface area contributed by atoms with Gasteiger partial charge in [0.2, 0.25) is 0 Å². The third-order valence-electron chi connectivity index (χ3n) is 3.18. The van der Waals surface area contributed by atoms with E-state index in [2.05, 4.69) is 17.2 Å². The van der Waals surface area contributed by atoms with E-state index in [4.69, 9.17) is 0 Å². The lowest BCUT2D eigenvalue weighted by molar-refractivity contribution is 0.628. The van der Waals surface area contributed by atoms with E-state index in [9.17, 15) is 4.39 Å². The van der Waals surface area contributed by atoms with Gasteiger partial charge >= 0.3 is 0 Å². The highest BCUT2D eigenvalue weighted by Gasteiger charge is 2.11. The molecule has 4 rings (SSSR count). The van der Waals surface area contributed by atoms with Gasteiger partial charge in [0.1, 0.15) is 10.6 Å². The van der Waals surface area contributed by atoms with Crippen LogP contribution in [0.25, 0.3) is 26.2 Å². The number of hydrogen-bond acceptors (Lipinski definition) is 2. The van der Waals surface area contributed by atoms with Gasteiger partial charge in [-0.15, -0.1) is 11.3 Å². The van der Waals surface area contributed by atoms with Crippen LogP contribution in [0.5, 0.6) is 0 Å². The third-order valence-corrected chi connectivity index (χ3v) is 4.33. The number of fused-ring (bicyclic) bond motifs is 3. The highest BCUT2D eigenvalue weighted by Crippen LogP contribution is 2.33. The predicted octanol–water partition coefficient (Wildman–Crippen LogP) is 4.36. The SMILES string of the molecule is Fc1ccc(-c2cnn3c2sc2ccccc23)cc1. The van der Waals surface area contributed by atoms with E-state index < -0.39 is 0 Å². The van der Waals surface area contributed by atoms with E-state index in [1.165, 1.54) is 16.8 Å². The van der Waals surface area contributed by atoms with Crippen molar-refractivity contribution in [2.24, 2.45) is 0 Å². The zero-order valence-electron chi connectivity index (χ0n) is 9.88. The molecule has 0 aliphatic rings. The van der Waals surface area contributed by atoms with Crippen molar-refractivity contribution in [3.05, 3.63) is 60.5 Å². The van der Waals surface area contributed by atoms with E-state index in [0.29, 0.717) is 0 Å². The van der Waals surface area contributed by atoms with Crippen molar-refractivity contribution in [3.63, 3.8) is 0 Å². The van der Waals surface area contributed by atoms with E-state index in [0.717, 1.165) is 21.5 Å². The van der Waals surface area contributed by atoms with Crippen LogP contribution in [0.2, 0.25) is 0 Å². The number of para-hydroxylation sites is 1. The fraction of sp³-hybridized carbons (Fsp3) is 0. The first-order valence-electron chi connectivity index (χ1n) is 5.94. The van der Waals surface area contributed by atoms with Crippen molar-refractivity contribution >= 4 is 26.4 Å². The van der Waals surface area contributed by atoms with Gasteiger partial charge in [0.15, 0.2) is 0 Å². The maximum absolute atomic E-state index is 13.0. The minimum absolute atomic E-state index is 0.219. The molecule has 2 aromatic heterocycles. The summed E-state index contributed by atoms with van der Waals surface area (Å²) in [5.74, 6) is -0.219. The van der Waals surface area contributed by atoms with Gasteiger partial charge in [-0.05, 0) is 29.8 Å². The Hall–Kier alpha value is -2.20. The van der Waals surface area contributed by atoms with Gasteiger partial charge in [-0.2, -0.15) is 5.10 Å². The third kappa shape index (κ3) is 1.57. The first-order valence-corrected chi connectivity index (χ1v) is 6.76. The van der Waals surface area contributed by atoms with Crippen LogP contribution in [0.3, 0.4) is 0 Å². The molecule has 2 heterocycles. The lowest BCUT2D eigenvalue weighted by atomic mass is 10.1. The number of halogens is 1. The van der Waals surface area contributed by atoms with Gasteiger partial charge in [-0.3, -0.25) is 0 Å². The quantitative estimate of drug-likeness (QED) is 0.501. The Labute approximate surface area is 112 Å². The van der Waals surface area contributed by atoms with Gasteiger partial charge in [0, 0.05) is 5.56 Å². The molecule has 0 saturated carbocycles. The monoisotopic (exact) mass is 268 g/mol. The summed E-state index contributed by atoms with van der Waals surface area (Å²) in [6.45, 7) is 0. The van der Waals surface area contributed by atoms with Crippen LogP contribution in [0.1, 0.15) is 0 Å². The Morgan fingerprint density at radius 1 is 1.00 bits per heavy atom. The second-order valence-corrected chi connectivity index (χ2v) is 5.38. The highest BCUT2D eigenvalue weighted by atomic mass is 32.1. The molecule has 0 bridgehead atoms. The normalized spacial score (nSPS) is 11.4. The topological polar surface area (TPSA) is 17.3 Å². The van der Waals surface area contributed by atoms with Gasteiger partial charge in [-0.1, -0.05) is 24.3 Å². The van der Waals surface area contributed by atoms with Gasteiger partial charge < -0.3 is 0 Å². The maximum atomic E-state index is 13.0. The average molecular weight is 268 g/mol. The highest BCUT2D eigenvalue weighted by molar-refractivity contribution is 7.24. The van der Waals surface area contributed by atoms with Crippen LogP contribution in [0.15, 0.2) is 54.7 Å². The molecule has 0 unspecified atom stereocenters. The van der Waals surface area contributed by atoms with Crippen LogP contribution in [-0.2, 0) is 0 Å². The summed E-state index contributed by atoms with van der Waals surface area (Å²) in [4.78, 5) is 1.09. The Morgan fingerprint density at radius 3 is 2.63 bits per heavy atom. The summed E-state index contributed by atoms with van der Waals surface area (Å²) in [5.41, 5.74) is 3.14. The molecule has 0 atom stereocenters. The molecule has 2 aromatic carbocycles. The predicted molar refractivity (Wildman–Crippen MR) is 76.0 cm³/mol. The van der Waals surface area contributed by atoms with Crippen molar-refractivity contribution in [1.82, 2.24) is 9.61 Å². The summed E-state index contributed by atoms with van der Waals surface area (Å²) < 4.78 is 16.1. The molecule has 19 heavy (non-hydrogen) atoms. The smallest absolute Gasteiger partial charge is 0.128 e. The first-order chi connectivity index (χ1) is 9.33. The molecule has 2 nitrogen and oxygen atoms in total. The minimum atomic E-state index is -0.219. The molecule has 0 saturated heterocycles. The van der Waals surface area contributed by atoms with Crippen molar-refractivity contribution in [2.45, 2.75) is 0 Å². The van der Waals surface area contributed by atoms with E-state index in [1.807, 2.05) is 22.8 Å². The molecular formula is C15H9FN2S. The van der Waals surface area contributed by atoms with Crippen molar-refractivity contribution in [1.29, 1.82) is 0 Å². The molecular weight excluding hydrogens is 259 g/mol. The van der Waals surface area contributed by atoms with E-state index in [-0.39, 0.29) is 5.82 Å². The van der Waals surface area contributed by atoms with Crippen molar-refractivity contribution in [2.75, 3.05) is 0 Å². The maximum Gasteiger partial charge on any atom is 0.128 e. The summed E-state index contributed by atoms with van der Waals surface area (Å²) in [5, 5.41) is 4.44. The van der Waals surface area contributed by atoms with Crippen LogP contribution < -0.4 is 0 Å². The van der Waals surface area contributed by atoms with Crippen LogP contribution in [0.4, 0.5) is 4.39 Å². The average Bonchev–Trinajstić information content (AvgIpc) is 2.98. The largest absolute Gasteiger partial charge is 0.221 e. The second kappa shape index (κ2) is 3.90. The zero-order valence-corrected chi connectivity index (χ0v) is 10.7. The summed E-state index contributed by atoms with van der Waals surface area (Å²) in [7, 11) is 0. The Kier molecular flexibility index (Phi) is 2.19. The number of hydrogen-bond donors (Lipinski definition) is 0. The molecule has 0 aliphatic carbocycles. The summed E-state index contributed by atoms with van der Waals surface area (Å²) in [6, 6.07) is 14.7. The summed E-state index contributed by atoms with van der Waals surface area (Å²) >= 11 is 1.70. The number of aromatic nitrogens is 2. The molecule has 0 aliphatic heterocycles. The van der Waals surface area contributed by atoms with Gasteiger partial charge in [0.25, 0.3) is 0 Å². The Bertz CT molecular complexity index is 874. The molecule has 0 radical (unpaired) electrons. The molecule has 4 heteroatoms. The summed E-state index contributed by atoms with van der Waals surface area (Å²) in [6.07, 6.45) is 1.84. The molecule has 4 aromatic rings. The van der Waals surface area contributed by atoms with Crippen molar-refractivity contribution < 1.29 is 4.39 Å². The van der Waals surface area contributed by atoms with E-state index in [1.54, 1.807) is 23.5 Å². The lowest BCUT2D eigenvalue weighted by Crippen LogP contribution is -1.80. The number of thiazole rings is 1. The molecule has 0 amide bonds. The fourth-order valence-corrected chi connectivity index (χ4v) is 3.38. The number of nitrogens with zero attached hydrogens (tertiary/aromatic N) is 2. The van der Waals surface area contributed by atoms with Crippen LogP contribution in [0, 0.1) is 5.82 Å². The fourth-order valence-electron chi connectivity index (χ4n) is 2.26. The lowest BCUT2D eigenvalue weighted by Gasteiger charge is -1.96. The Morgan fingerprint density at radius 2 is 1.79 bits per heavy atom. The Balaban J connectivity index is 2.02. The van der Waals surface area contributed by atoms with Crippen LogP contribution >= 0.6 is 11.3 Å². The molecule has 0 N–H and O–H groups in total. The van der Waals surface area contributed by atoms with Crippen LogP contribution in [-0.4, -0.2) is 9.61 Å². The van der Waals surface area contributed by atoms with E-state index >= 15 is 0 Å². The molecule has 0 spiro atoms. The van der Waals surface area contributed by atoms with Gasteiger partial charge in [0.05, 0.1) is 16.4 Å². The number of rotatable bonds is 1. The minimum Gasteiger partial charge on any atom is -0.221 e. The van der Waals surface area contributed by atoms with Crippen molar-refractivity contribution in [3.8, 4) is 11.1 Å². The zero-order chi connectivity index (χ0) is 12.8. The van der Waals surface area contributed by atoms with Gasteiger partial charge in [-0.25, -0.2) is 8.91 Å².